The van der Waals surface area contributed by atoms with Crippen molar-refractivity contribution in [2.75, 3.05) is 27.3 Å². The van der Waals surface area contributed by atoms with Gasteiger partial charge in [0.15, 0.2) is 0 Å². The van der Waals surface area contributed by atoms with E-state index in [1.54, 1.807) is 24.3 Å². The number of hydrogen-bond donors (Lipinski definition) is 4. The number of fused-ring (bicyclic) bond motifs is 2. The normalized spacial score (nSPS) is 11.5. The Hall–Kier alpha value is -4.00. The van der Waals surface area contributed by atoms with Gasteiger partial charge in [-0.25, -0.2) is 23.4 Å². The number of thiophene rings is 1. The van der Waals surface area contributed by atoms with Gasteiger partial charge in [0.1, 0.15) is 11.6 Å². The van der Waals surface area contributed by atoms with Crippen LogP contribution in [-0.4, -0.2) is 35.5 Å². The summed E-state index contributed by atoms with van der Waals surface area (Å²) in [5.74, 6) is -0.0591. The van der Waals surface area contributed by atoms with Crippen LogP contribution in [0.5, 0.6) is 0 Å². The van der Waals surface area contributed by atoms with Crippen LogP contribution in [0.4, 0.5) is 23.0 Å². The number of halogens is 1. The minimum Gasteiger partial charge on any atom is -0.382 e. The Labute approximate surface area is 221 Å². The highest BCUT2D eigenvalue weighted by Gasteiger charge is 2.16. The lowest BCUT2D eigenvalue weighted by molar-refractivity contribution is 0.101. The second-order valence-corrected chi connectivity index (χ2v) is 11.2. The van der Waals surface area contributed by atoms with Gasteiger partial charge in [0.25, 0.3) is 5.91 Å². The predicted octanol–water partition coefficient (Wildman–Crippen LogP) is 4.71. The fourth-order valence-electron chi connectivity index (χ4n) is 3.76. The smallest absolute Gasteiger partial charge is 0.294 e. The van der Waals surface area contributed by atoms with Gasteiger partial charge in [-0.3, -0.25) is 9.52 Å². The number of nitrogens with one attached hydrogen (secondary N) is 3. The van der Waals surface area contributed by atoms with Gasteiger partial charge >= 0.3 is 0 Å². The molecule has 1 amide bonds. The van der Waals surface area contributed by atoms with E-state index in [-0.39, 0.29) is 18.2 Å². The molecule has 0 spiro atoms. The average Bonchev–Trinajstić information content (AvgIpc) is 3.32. The maximum Gasteiger partial charge on any atom is 0.294 e. The number of aromatic nitrogens is 3. The van der Waals surface area contributed by atoms with Crippen molar-refractivity contribution in [1.82, 2.24) is 15.0 Å². The van der Waals surface area contributed by atoms with Gasteiger partial charge in [-0.2, -0.15) is 0 Å². The predicted molar refractivity (Wildman–Crippen MR) is 149 cm³/mol. The van der Waals surface area contributed by atoms with Crippen LogP contribution >= 0.6 is 22.9 Å². The van der Waals surface area contributed by atoms with E-state index in [9.17, 15) is 13.2 Å². The van der Waals surface area contributed by atoms with Gasteiger partial charge in [0.2, 0.25) is 15.8 Å². The summed E-state index contributed by atoms with van der Waals surface area (Å²) < 4.78 is 26.8. The van der Waals surface area contributed by atoms with Gasteiger partial charge in [0.05, 0.1) is 40.1 Å². The van der Waals surface area contributed by atoms with Crippen molar-refractivity contribution < 1.29 is 13.2 Å². The molecule has 2 aromatic carbocycles. The Bertz CT molecular complexity index is 1770. The number of sulfonamides is 1. The summed E-state index contributed by atoms with van der Waals surface area (Å²) in [6.07, 6.45) is 1.06. The number of carbonyl (C=O) groups is 1. The Morgan fingerprint density at radius 3 is 2.68 bits per heavy atom. The molecule has 0 saturated heterocycles. The molecular formula is C24H20ClN7O3S2. The molecule has 5 rings (SSSR count). The number of pyridine rings is 1. The van der Waals surface area contributed by atoms with Crippen LogP contribution in [0.2, 0.25) is 5.02 Å². The van der Waals surface area contributed by atoms with Crippen molar-refractivity contribution in [2.45, 2.75) is 6.54 Å². The first-order valence-corrected chi connectivity index (χ1v) is 14.0. The molecule has 13 heteroatoms. The molecular weight excluding hydrogens is 534 g/mol. The molecule has 3 heterocycles. The van der Waals surface area contributed by atoms with Gasteiger partial charge in [-0.1, -0.05) is 35.9 Å². The third kappa shape index (κ3) is 5.56. The molecule has 0 bridgehead atoms. The average molecular weight is 554 g/mol. The van der Waals surface area contributed by atoms with E-state index in [0.717, 1.165) is 21.7 Å². The molecule has 10 nitrogen and oxygen atoms in total. The van der Waals surface area contributed by atoms with E-state index >= 15 is 0 Å². The Morgan fingerprint density at radius 1 is 1.05 bits per heavy atom. The van der Waals surface area contributed by atoms with Crippen molar-refractivity contribution in [3.8, 4) is 0 Å². The summed E-state index contributed by atoms with van der Waals surface area (Å²) in [6.45, 7) is 0.231. The van der Waals surface area contributed by atoms with Crippen LogP contribution in [0.1, 0.15) is 16.3 Å². The number of nitrogen functional groups attached to an aromatic ring is 1. The Balaban J connectivity index is 1.44. The number of nitrogens with two attached hydrogens (primary N) is 1. The highest BCUT2D eigenvalue weighted by Crippen LogP contribution is 2.29. The largest absolute Gasteiger partial charge is 0.382 e. The zero-order valence-corrected chi connectivity index (χ0v) is 21.7. The number of amides is 1. The number of carbonyl (C=O) groups excluding carboxylic acids is 1. The molecule has 0 aliphatic rings. The lowest BCUT2D eigenvalue weighted by Gasteiger charge is -2.15. The Morgan fingerprint density at radius 2 is 1.86 bits per heavy atom. The molecule has 37 heavy (non-hydrogen) atoms. The Kier molecular flexibility index (Phi) is 6.54. The quantitative estimate of drug-likeness (QED) is 0.226. The summed E-state index contributed by atoms with van der Waals surface area (Å²) in [7, 11) is -3.53. The number of anilines is 4. The molecule has 0 radical (unpaired) electrons. The highest BCUT2D eigenvalue weighted by atomic mass is 35.5. The first kappa shape index (κ1) is 24.7. The van der Waals surface area contributed by atoms with E-state index in [1.165, 1.54) is 17.4 Å². The van der Waals surface area contributed by atoms with E-state index < -0.39 is 15.9 Å². The van der Waals surface area contributed by atoms with E-state index in [2.05, 4.69) is 30.3 Å². The third-order valence-corrected chi connectivity index (χ3v) is 7.07. The molecule has 5 aromatic rings. The second-order valence-electron chi connectivity index (χ2n) is 8.11. The molecule has 0 unspecified atom stereocenters. The lowest BCUT2D eigenvalue weighted by Crippen LogP contribution is -2.18. The summed E-state index contributed by atoms with van der Waals surface area (Å²) in [6, 6.07) is 15.9. The van der Waals surface area contributed by atoms with Crippen molar-refractivity contribution in [1.29, 1.82) is 0 Å². The SMILES string of the molecule is CS(=O)(=O)Nc1cc(Cl)ccc1NCc1nc(NC(=O)c2nc(N)c3sccc3n2)cc2ccccc12. The fourth-order valence-corrected chi connectivity index (χ4v) is 5.24. The summed E-state index contributed by atoms with van der Waals surface area (Å²) >= 11 is 7.47. The van der Waals surface area contributed by atoms with Gasteiger partial charge in [0, 0.05) is 10.4 Å². The maximum absolute atomic E-state index is 12.9. The topological polar surface area (TPSA) is 152 Å². The number of hydrogen-bond acceptors (Lipinski definition) is 9. The zero-order valence-electron chi connectivity index (χ0n) is 19.3. The van der Waals surface area contributed by atoms with Crippen LogP contribution in [0.25, 0.3) is 21.0 Å². The van der Waals surface area contributed by atoms with Crippen LogP contribution < -0.4 is 21.1 Å². The summed E-state index contributed by atoms with van der Waals surface area (Å²) in [4.78, 5) is 26.0. The molecule has 0 saturated carbocycles. The minimum absolute atomic E-state index is 0.0595. The summed E-state index contributed by atoms with van der Waals surface area (Å²) in [5, 5.41) is 9.89. The molecule has 0 aliphatic heterocycles. The van der Waals surface area contributed by atoms with Gasteiger partial charge in [-0.15, -0.1) is 11.3 Å². The molecule has 188 valence electrons. The molecule has 0 atom stereocenters. The first-order chi connectivity index (χ1) is 17.7. The van der Waals surface area contributed by atoms with Gasteiger partial charge in [-0.05, 0) is 41.1 Å². The number of rotatable bonds is 7. The van der Waals surface area contributed by atoms with Crippen molar-refractivity contribution in [3.05, 3.63) is 76.5 Å². The van der Waals surface area contributed by atoms with Crippen molar-refractivity contribution in [3.63, 3.8) is 0 Å². The van der Waals surface area contributed by atoms with Crippen LogP contribution in [0.15, 0.2) is 60.0 Å². The van der Waals surface area contributed by atoms with Crippen molar-refractivity contribution >= 4 is 82.9 Å². The first-order valence-electron chi connectivity index (χ1n) is 10.9. The summed E-state index contributed by atoms with van der Waals surface area (Å²) in [5.41, 5.74) is 8.04. The molecule has 5 N–H and O–H groups in total. The van der Waals surface area contributed by atoms with Crippen LogP contribution in [-0.2, 0) is 16.6 Å². The van der Waals surface area contributed by atoms with Crippen molar-refractivity contribution in [2.24, 2.45) is 0 Å². The number of nitrogens with zero attached hydrogens (tertiary/aromatic N) is 3. The van der Waals surface area contributed by atoms with E-state index in [4.69, 9.17) is 17.3 Å². The van der Waals surface area contributed by atoms with E-state index in [1.807, 2.05) is 29.6 Å². The molecule has 0 fully saturated rings. The molecule has 3 aromatic heterocycles. The van der Waals surface area contributed by atoms with Crippen LogP contribution in [0, 0.1) is 0 Å². The second kappa shape index (κ2) is 9.81. The van der Waals surface area contributed by atoms with Gasteiger partial charge < -0.3 is 16.4 Å². The minimum atomic E-state index is -3.53. The monoisotopic (exact) mass is 553 g/mol. The van der Waals surface area contributed by atoms with E-state index in [0.29, 0.717) is 33.4 Å². The lowest BCUT2D eigenvalue weighted by atomic mass is 10.1. The molecule has 0 aliphatic carbocycles. The third-order valence-electron chi connectivity index (χ3n) is 5.32. The zero-order chi connectivity index (χ0) is 26.2. The maximum atomic E-state index is 12.9. The fraction of sp³-hybridized carbons (Fsp3) is 0.0833. The number of benzene rings is 2. The highest BCUT2D eigenvalue weighted by molar-refractivity contribution is 7.92. The standard InChI is InChI=1S/C24H20ClN7O3S2/c1-37(34,35)32-18-11-14(25)6-7-16(18)27-12-19-15-5-3-2-4-13(15)10-20(28-19)30-24(33)23-29-17-8-9-36-21(17)22(26)31-23/h2-11,27,32H,12H2,1H3,(H2,26,29,31)(H,28,30,33). The van der Waals surface area contributed by atoms with Crippen LogP contribution in [0.3, 0.4) is 0 Å².